The molecule has 6 heteroatoms. The van der Waals surface area contributed by atoms with Gasteiger partial charge >= 0.3 is 6.18 Å². The van der Waals surface area contributed by atoms with E-state index in [4.69, 9.17) is 5.73 Å². The van der Waals surface area contributed by atoms with Crippen LogP contribution in [-0.2, 0) is 4.79 Å². The first kappa shape index (κ1) is 11.3. The Labute approximate surface area is 80.0 Å². The van der Waals surface area contributed by atoms with Gasteiger partial charge in [0.2, 0.25) is 5.91 Å². The van der Waals surface area contributed by atoms with Crippen LogP contribution in [0.2, 0.25) is 0 Å². The van der Waals surface area contributed by atoms with E-state index in [1.54, 1.807) is 0 Å². The Kier molecular flexibility index (Phi) is 2.76. The van der Waals surface area contributed by atoms with Crippen LogP contribution in [0.4, 0.5) is 13.2 Å². The third kappa shape index (κ3) is 2.37. The van der Waals surface area contributed by atoms with E-state index in [9.17, 15) is 18.0 Å². The maximum absolute atomic E-state index is 12.0. The Morgan fingerprint density at radius 1 is 1.50 bits per heavy atom. The lowest BCUT2D eigenvalue weighted by Crippen LogP contribution is -2.42. The van der Waals surface area contributed by atoms with E-state index in [0.717, 1.165) is 7.05 Å². The Morgan fingerprint density at radius 2 is 2.00 bits per heavy atom. The molecule has 0 atom stereocenters. The molecule has 14 heavy (non-hydrogen) atoms. The number of halogens is 3. The largest absolute Gasteiger partial charge is 0.406 e. The molecule has 3 nitrogen and oxygen atoms in total. The fourth-order valence-corrected chi connectivity index (χ4v) is 1.40. The normalized spacial score (nSPS) is 19.2. The van der Waals surface area contributed by atoms with Crippen molar-refractivity contribution in [3.63, 3.8) is 0 Å². The summed E-state index contributed by atoms with van der Waals surface area (Å²) in [7, 11) is 1.16. The average Bonchev–Trinajstić information content (AvgIpc) is 2.80. The quantitative estimate of drug-likeness (QED) is 0.747. The number of hydrogen-bond donors (Lipinski definition) is 1. The van der Waals surface area contributed by atoms with E-state index in [0.29, 0.717) is 17.7 Å². The maximum Gasteiger partial charge on any atom is 0.406 e. The van der Waals surface area contributed by atoms with Gasteiger partial charge in [0.15, 0.2) is 0 Å². The fraction of sp³-hybridized carbons (Fsp3) is 0.875. The zero-order valence-corrected chi connectivity index (χ0v) is 7.90. The molecule has 1 rings (SSSR count). The molecule has 0 bridgehead atoms. The molecule has 0 aliphatic heterocycles. The SMILES string of the molecule is CN(CC(F)(F)F)C(=O)C1(CN)CC1. The van der Waals surface area contributed by atoms with Crippen molar-refractivity contribution in [2.75, 3.05) is 20.1 Å². The van der Waals surface area contributed by atoms with Gasteiger partial charge in [0.05, 0.1) is 5.41 Å². The van der Waals surface area contributed by atoms with Crippen molar-refractivity contribution in [2.45, 2.75) is 19.0 Å². The molecule has 0 heterocycles. The van der Waals surface area contributed by atoms with Gasteiger partial charge in [0.25, 0.3) is 0 Å². The molecule has 0 aromatic carbocycles. The molecule has 0 aromatic rings. The summed E-state index contributed by atoms with van der Waals surface area (Å²) in [5.74, 6) is -0.489. The Bertz CT molecular complexity index is 235. The van der Waals surface area contributed by atoms with Gasteiger partial charge in [0.1, 0.15) is 6.54 Å². The Hall–Kier alpha value is -0.780. The number of nitrogens with zero attached hydrogens (tertiary/aromatic N) is 1. The zero-order chi connectivity index (χ0) is 11.0. The Balaban J connectivity index is 2.53. The summed E-state index contributed by atoms with van der Waals surface area (Å²) in [6.07, 6.45) is -3.13. The van der Waals surface area contributed by atoms with Crippen molar-refractivity contribution < 1.29 is 18.0 Å². The molecule has 0 unspecified atom stereocenters. The lowest BCUT2D eigenvalue weighted by atomic mass is 10.1. The summed E-state index contributed by atoms with van der Waals surface area (Å²) in [5, 5.41) is 0. The molecule has 0 aromatic heterocycles. The minimum atomic E-state index is -4.34. The minimum absolute atomic E-state index is 0.133. The number of hydrogen-bond acceptors (Lipinski definition) is 2. The molecule has 0 radical (unpaired) electrons. The standard InChI is InChI=1S/C8H13F3N2O/c1-13(5-8(9,10)11)6(14)7(4-12)2-3-7/h2-5,12H2,1H3. The molecule has 2 N–H and O–H groups in total. The van der Waals surface area contributed by atoms with E-state index >= 15 is 0 Å². The van der Waals surface area contributed by atoms with E-state index in [2.05, 4.69) is 0 Å². The highest BCUT2D eigenvalue weighted by atomic mass is 19.4. The van der Waals surface area contributed by atoms with Crippen molar-refractivity contribution in [1.29, 1.82) is 0 Å². The minimum Gasteiger partial charge on any atom is -0.336 e. The fourth-order valence-electron chi connectivity index (χ4n) is 1.40. The van der Waals surface area contributed by atoms with E-state index in [-0.39, 0.29) is 6.54 Å². The highest BCUT2D eigenvalue weighted by Crippen LogP contribution is 2.46. The summed E-state index contributed by atoms with van der Waals surface area (Å²) in [6, 6.07) is 0. The summed E-state index contributed by atoms with van der Waals surface area (Å²) >= 11 is 0. The number of carbonyl (C=O) groups is 1. The molecule has 1 fully saturated rings. The van der Waals surface area contributed by atoms with Gasteiger partial charge < -0.3 is 10.6 Å². The van der Waals surface area contributed by atoms with E-state index < -0.39 is 24.0 Å². The van der Waals surface area contributed by atoms with Gasteiger partial charge in [-0.2, -0.15) is 13.2 Å². The number of alkyl halides is 3. The predicted molar refractivity (Wildman–Crippen MR) is 44.4 cm³/mol. The lowest BCUT2D eigenvalue weighted by Gasteiger charge is -2.23. The molecule has 1 aliphatic carbocycles. The van der Waals surface area contributed by atoms with Crippen LogP contribution in [0.1, 0.15) is 12.8 Å². The van der Waals surface area contributed by atoms with Crippen LogP contribution in [0.25, 0.3) is 0 Å². The molecule has 1 amide bonds. The van der Waals surface area contributed by atoms with Crippen LogP contribution in [-0.4, -0.2) is 37.1 Å². The van der Waals surface area contributed by atoms with Crippen LogP contribution in [0, 0.1) is 5.41 Å². The van der Waals surface area contributed by atoms with E-state index in [1.807, 2.05) is 0 Å². The lowest BCUT2D eigenvalue weighted by molar-refractivity contribution is -0.161. The average molecular weight is 210 g/mol. The second kappa shape index (κ2) is 3.42. The molecule has 82 valence electrons. The van der Waals surface area contributed by atoms with E-state index in [1.165, 1.54) is 0 Å². The second-order valence-electron chi connectivity index (χ2n) is 3.76. The summed E-state index contributed by atoms with van der Waals surface area (Å²) in [6.45, 7) is -1.07. The highest BCUT2D eigenvalue weighted by Gasteiger charge is 2.50. The number of rotatable bonds is 3. The van der Waals surface area contributed by atoms with Crippen molar-refractivity contribution in [3.8, 4) is 0 Å². The van der Waals surface area contributed by atoms with Crippen LogP contribution in [0.3, 0.4) is 0 Å². The smallest absolute Gasteiger partial charge is 0.336 e. The molecular weight excluding hydrogens is 197 g/mol. The van der Waals surface area contributed by atoms with Gasteiger partial charge in [-0.05, 0) is 12.8 Å². The summed E-state index contributed by atoms with van der Waals surface area (Å²) in [4.78, 5) is 12.2. The first-order valence-electron chi connectivity index (χ1n) is 4.33. The summed E-state index contributed by atoms with van der Waals surface area (Å²) < 4.78 is 35.9. The van der Waals surface area contributed by atoms with Gasteiger partial charge in [-0.1, -0.05) is 0 Å². The van der Waals surface area contributed by atoms with Crippen molar-refractivity contribution in [1.82, 2.24) is 4.90 Å². The van der Waals surface area contributed by atoms with Crippen molar-refractivity contribution >= 4 is 5.91 Å². The van der Waals surface area contributed by atoms with Crippen LogP contribution in [0.15, 0.2) is 0 Å². The number of nitrogens with two attached hydrogens (primary N) is 1. The van der Waals surface area contributed by atoms with Gasteiger partial charge in [-0.15, -0.1) is 0 Å². The van der Waals surface area contributed by atoms with Crippen molar-refractivity contribution in [3.05, 3.63) is 0 Å². The first-order valence-corrected chi connectivity index (χ1v) is 4.33. The van der Waals surface area contributed by atoms with Crippen LogP contribution < -0.4 is 5.73 Å². The zero-order valence-electron chi connectivity index (χ0n) is 7.90. The predicted octanol–water partition coefficient (Wildman–Crippen LogP) is 0.746. The van der Waals surface area contributed by atoms with Gasteiger partial charge in [-0.25, -0.2) is 0 Å². The Morgan fingerprint density at radius 3 is 2.29 bits per heavy atom. The molecule has 0 saturated heterocycles. The molecule has 0 spiro atoms. The van der Waals surface area contributed by atoms with Crippen molar-refractivity contribution in [2.24, 2.45) is 11.1 Å². The maximum atomic E-state index is 12.0. The monoisotopic (exact) mass is 210 g/mol. The third-order valence-corrected chi connectivity index (χ3v) is 2.46. The van der Waals surface area contributed by atoms with Gasteiger partial charge in [0, 0.05) is 13.6 Å². The molecule has 1 aliphatic rings. The first-order chi connectivity index (χ1) is 6.31. The second-order valence-corrected chi connectivity index (χ2v) is 3.76. The number of amides is 1. The highest BCUT2D eigenvalue weighted by molar-refractivity contribution is 5.85. The topological polar surface area (TPSA) is 46.3 Å². The van der Waals surface area contributed by atoms with Crippen LogP contribution in [0.5, 0.6) is 0 Å². The van der Waals surface area contributed by atoms with Crippen LogP contribution >= 0.6 is 0 Å². The third-order valence-electron chi connectivity index (χ3n) is 2.46. The molecular formula is C8H13F3N2O. The number of carbonyl (C=O) groups excluding carboxylic acids is 1. The van der Waals surface area contributed by atoms with Gasteiger partial charge in [-0.3, -0.25) is 4.79 Å². The molecule has 1 saturated carbocycles. The summed E-state index contributed by atoms with van der Waals surface area (Å²) in [5.41, 5.74) is 4.65.